The first-order chi connectivity index (χ1) is 8.37. The minimum Gasteiger partial charge on any atom is -0.492 e. The number of methoxy groups -OCH3 is 1. The molecule has 1 rings (SSSR count). The van der Waals surface area contributed by atoms with Gasteiger partial charge in [0.05, 0.1) is 18.2 Å². The van der Waals surface area contributed by atoms with E-state index in [1.54, 1.807) is 7.11 Å². The first-order valence-corrected chi connectivity index (χ1v) is 6.91. The Morgan fingerprint density at radius 2 is 1.89 bits per heavy atom. The third kappa shape index (κ3) is 6.02. The zero-order chi connectivity index (χ0) is 13.8. The van der Waals surface area contributed by atoms with Gasteiger partial charge in [-0.05, 0) is 61.3 Å². The van der Waals surface area contributed by atoms with E-state index in [1.165, 1.54) is 5.56 Å². The van der Waals surface area contributed by atoms with Crippen LogP contribution in [0.2, 0.25) is 0 Å². The van der Waals surface area contributed by atoms with E-state index in [-0.39, 0.29) is 17.9 Å². The molecule has 3 nitrogen and oxygen atoms in total. The topological polar surface area (TPSA) is 30.5 Å². The zero-order valence-electron chi connectivity index (χ0n) is 12.2. The van der Waals surface area contributed by atoms with Crippen molar-refractivity contribution in [3.63, 3.8) is 0 Å². The monoisotopic (exact) mass is 351 g/mol. The second kappa shape index (κ2) is 7.98. The SMILES string of the molecule is CCOc1cc(CNC(C)(C)C)cc(Br)c1OC.Cl. The Labute approximate surface area is 130 Å². The van der Waals surface area contributed by atoms with Crippen LogP contribution in [-0.4, -0.2) is 19.3 Å². The lowest BCUT2D eigenvalue weighted by Gasteiger charge is -2.21. The summed E-state index contributed by atoms with van der Waals surface area (Å²) < 4.78 is 11.9. The van der Waals surface area contributed by atoms with Gasteiger partial charge in [0.2, 0.25) is 0 Å². The van der Waals surface area contributed by atoms with Gasteiger partial charge in [-0.25, -0.2) is 0 Å². The molecule has 0 aliphatic rings. The van der Waals surface area contributed by atoms with Crippen LogP contribution in [0.5, 0.6) is 11.5 Å². The third-order valence-electron chi connectivity index (χ3n) is 2.40. The van der Waals surface area contributed by atoms with Crippen LogP contribution >= 0.6 is 28.3 Å². The van der Waals surface area contributed by atoms with Crippen LogP contribution < -0.4 is 14.8 Å². The van der Waals surface area contributed by atoms with Gasteiger partial charge in [-0.15, -0.1) is 12.4 Å². The van der Waals surface area contributed by atoms with Gasteiger partial charge in [0.15, 0.2) is 11.5 Å². The molecule has 110 valence electrons. The van der Waals surface area contributed by atoms with Crippen LogP contribution in [0, 0.1) is 0 Å². The highest BCUT2D eigenvalue weighted by Crippen LogP contribution is 2.36. The molecular formula is C14H23BrClNO2. The summed E-state index contributed by atoms with van der Waals surface area (Å²) in [6.07, 6.45) is 0. The predicted molar refractivity (Wildman–Crippen MR) is 85.7 cm³/mol. The average molecular weight is 353 g/mol. The van der Waals surface area contributed by atoms with Gasteiger partial charge < -0.3 is 14.8 Å². The van der Waals surface area contributed by atoms with Crippen molar-refractivity contribution >= 4 is 28.3 Å². The van der Waals surface area contributed by atoms with E-state index >= 15 is 0 Å². The minimum atomic E-state index is 0. The molecule has 5 heteroatoms. The van der Waals surface area contributed by atoms with Crippen molar-refractivity contribution < 1.29 is 9.47 Å². The van der Waals surface area contributed by atoms with Crippen LogP contribution in [0.4, 0.5) is 0 Å². The Balaban J connectivity index is 0.00000324. The first kappa shape index (κ1) is 18.6. The standard InChI is InChI=1S/C14H22BrNO2.ClH/c1-6-18-12-8-10(9-16-14(2,3)4)7-11(15)13(12)17-5;/h7-8,16H,6,9H2,1-5H3;1H. The van der Waals surface area contributed by atoms with Crippen LogP contribution in [0.1, 0.15) is 33.3 Å². The Hall–Kier alpha value is -0.450. The molecule has 1 aromatic rings. The summed E-state index contributed by atoms with van der Waals surface area (Å²) in [4.78, 5) is 0. The lowest BCUT2D eigenvalue weighted by molar-refractivity contribution is 0.309. The molecule has 0 saturated carbocycles. The molecule has 0 fully saturated rings. The third-order valence-corrected chi connectivity index (χ3v) is 2.99. The summed E-state index contributed by atoms with van der Waals surface area (Å²) in [7, 11) is 1.65. The van der Waals surface area contributed by atoms with Crippen molar-refractivity contribution in [2.24, 2.45) is 0 Å². The molecule has 1 aromatic carbocycles. The Bertz CT molecular complexity index is 405. The van der Waals surface area contributed by atoms with E-state index in [0.29, 0.717) is 6.61 Å². The fourth-order valence-electron chi connectivity index (χ4n) is 1.55. The van der Waals surface area contributed by atoms with E-state index in [9.17, 15) is 0 Å². The average Bonchev–Trinajstić information content (AvgIpc) is 2.26. The second-order valence-electron chi connectivity index (χ2n) is 5.15. The van der Waals surface area contributed by atoms with E-state index in [4.69, 9.17) is 9.47 Å². The second-order valence-corrected chi connectivity index (χ2v) is 6.00. The van der Waals surface area contributed by atoms with E-state index < -0.39 is 0 Å². The van der Waals surface area contributed by atoms with Gasteiger partial charge in [-0.2, -0.15) is 0 Å². The molecule has 0 radical (unpaired) electrons. The number of halogens is 2. The molecule has 0 atom stereocenters. The van der Waals surface area contributed by atoms with Crippen molar-refractivity contribution in [2.45, 2.75) is 39.8 Å². The van der Waals surface area contributed by atoms with E-state index in [1.807, 2.05) is 13.0 Å². The highest BCUT2D eigenvalue weighted by atomic mass is 79.9. The lowest BCUT2D eigenvalue weighted by Crippen LogP contribution is -2.35. The molecule has 0 aliphatic carbocycles. The van der Waals surface area contributed by atoms with Crippen molar-refractivity contribution in [2.75, 3.05) is 13.7 Å². The van der Waals surface area contributed by atoms with Gasteiger partial charge in [0.1, 0.15) is 0 Å². The smallest absolute Gasteiger partial charge is 0.174 e. The molecule has 0 aromatic heterocycles. The summed E-state index contributed by atoms with van der Waals surface area (Å²) in [6, 6.07) is 4.08. The number of nitrogens with one attached hydrogen (secondary N) is 1. The summed E-state index contributed by atoms with van der Waals surface area (Å²) >= 11 is 3.52. The maximum atomic E-state index is 5.60. The number of ether oxygens (including phenoxy) is 2. The van der Waals surface area contributed by atoms with Crippen LogP contribution in [-0.2, 0) is 6.54 Å². The Morgan fingerprint density at radius 3 is 2.37 bits per heavy atom. The fourth-order valence-corrected chi connectivity index (χ4v) is 2.20. The highest BCUT2D eigenvalue weighted by Gasteiger charge is 2.13. The zero-order valence-corrected chi connectivity index (χ0v) is 14.6. The Kier molecular flexibility index (Phi) is 7.79. The van der Waals surface area contributed by atoms with Crippen molar-refractivity contribution in [3.05, 3.63) is 22.2 Å². The molecule has 1 N–H and O–H groups in total. The Morgan fingerprint density at radius 1 is 1.26 bits per heavy atom. The maximum absolute atomic E-state index is 5.60. The van der Waals surface area contributed by atoms with Crippen molar-refractivity contribution in [1.82, 2.24) is 5.32 Å². The molecule has 0 amide bonds. The molecule has 0 aliphatic heterocycles. The van der Waals surface area contributed by atoms with Gasteiger partial charge in [0, 0.05) is 12.1 Å². The lowest BCUT2D eigenvalue weighted by atomic mass is 10.1. The molecule has 0 saturated heterocycles. The van der Waals surface area contributed by atoms with E-state index in [2.05, 4.69) is 48.1 Å². The number of rotatable bonds is 5. The predicted octanol–water partition coefficient (Wildman–Crippen LogP) is 4.17. The first-order valence-electron chi connectivity index (χ1n) is 6.11. The van der Waals surface area contributed by atoms with Gasteiger partial charge in [-0.1, -0.05) is 0 Å². The number of hydrogen-bond acceptors (Lipinski definition) is 3. The van der Waals surface area contributed by atoms with Gasteiger partial charge in [-0.3, -0.25) is 0 Å². The number of benzene rings is 1. The molecule has 0 unspecified atom stereocenters. The maximum Gasteiger partial charge on any atom is 0.174 e. The molecule has 0 heterocycles. The molecular weight excluding hydrogens is 330 g/mol. The van der Waals surface area contributed by atoms with Crippen molar-refractivity contribution in [1.29, 1.82) is 0 Å². The molecule has 0 bridgehead atoms. The fraction of sp³-hybridized carbons (Fsp3) is 0.571. The molecule has 19 heavy (non-hydrogen) atoms. The van der Waals surface area contributed by atoms with Crippen LogP contribution in [0.25, 0.3) is 0 Å². The van der Waals surface area contributed by atoms with E-state index in [0.717, 1.165) is 22.5 Å². The summed E-state index contributed by atoms with van der Waals surface area (Å²) in [5.74, 6) is 1.52. The van der Waals surface area contributed by atoms with Crippen LogP contribution in [0.3, 0.4) is 0 Å². The normalized spacial score (nSPS) is 10.8. The molecule has 0 spiro atoms. The van der Waals surface area contributed by atoms with Crippen LogP contribution in [0.15, 0.2) is 16.6 Å². The quantitative estimate of drug-likeness (QED) is 0.863. The minimum absolute atomic E-state index is 0. The summed E-state index contributed by atoms with van der Waals surface area (Å²) in [5, 5.41) is 3.45. The van der Waals surface area contributed by atoms with Gasteiger partial charge >= 0.3 is 0 Å². The van der Waals surface area contributed by atoms with Gasteiger partial charge in [0.25, 0.3) is 0 Å². The highest BCUT2D eigenvalue weighted by molar-refractivity contribution is 9.10. The van der Waals surface area contributed by atoms with Crippen molar-refractivity contribution in [3.8, 4) is 11.5 Å². The summed E-state index contributed by atoms with van der Waals surface area (Å²) in [5.41, 5.74) is 1.26. The summed E-state index contributed by atoms with van der Waals surface area (Å²) in [6.45, 7) is 9.83. The number of hydrogen-bond donors (Lipinski definition) is 1. The largest absolute Gasteiger partial charge is 0.492 e.